The quantitative estimate of drug-likeness (QED) is 0.0376. The molecule has 1 N–H and O–H groups in total. The van der Waals surface area contributed by atoms with Crippen LogP contribution in [0.1, 0.15) is 206 Å². The van der Waals surface area contributed by atoms with Gasteiger partial charge in [0, 0.05) is 13.0 Å². The summed E-state index contributed by atoms with van der Waals surface area (Å²) in [6.07, 6.45) is 82.5. The standard InChI is InChI=1S/C59H96O4/c1-3-5-7-9-11-13-15-17-19-21-23-25-27-29-31-33-35-37-39-41-43-45-47-49-51-53-55-62-57-58(56-60)63-59(61)54-52-50-48-46-44-42-40-38-36-34-32-30-28-26-24-22-20-18-16-14-12-10-8-6-4-2/h5-8,11-14,17-20,23-26,29-32,35,37,58,60H,3-4,9-10,15-16,21-22,27-28,33-34,36,38-57H2,1-2H3/b7-5-,8-6-,13-11-,14-12-,19-17-,20-18-,25-23-,26-24-,31-29-,32-30-,37-35-. The average Bonchev–Trinajstić information content (AvgIpc) is 3.29. The van der Waals surface area contributed by atoms with E-state index in [4.69, 9.17) is 9.47 Å². The lowest BCUT2D eigenvalue weighted by molar-refractivity contribution is -0.154. The summed E-state index contributed by atoms with van der Waals surface area (Å²) in [5.74, 6) is -0.217. The number of unbranched alkanes of at least 4 members (excludes halogenated alkanes) is 16. The molecule has 4 nitrogen and oxygen atoms in total. The molecule has 1 atom stereocenters. The number of allylic oxidation sites excluding steroid dienone is 22. The van der Waals surface area contributed by atoms with Crippen LogP contribution in [0.25, 0.3) is 0 Å². The van der Waals surface area contributed by atoms with Gasteiger partial charge in [0.05, 0.1) is 13.2 Å². The number of ether oxygens (including phenoxy) is 2. The Bertz CT molecular complexity index is 1290. The summed E-state index contributed by atoms with van der Waals surface area (Å²) in [6, 6.07) is 0. The monoisotopic (exact) mass is 869 g/mol. The molecule has 0 saturated heterocycles. The summed E-state index contributed by atoms with van der Waals surface area (Å²) >= 11 is 0. The van der Waals surface area contributed by atoms with Crippen LogP contribution in [0, 0.1) is 0 Å². The third kappa shape index (κ3) is 52.8. The van der Waals surface area contributed by atoms with Gasteiger partial charge in [0.2, 0.25) is 0 Å². The molecular formula is C59H96O4. The number of aliphatic hydroxyl groups is 1. The Morgan fingerprint density at radius 3 is 1.00 bits per heavy atom. The van der Waals surface area contributed by atoms with E-state index in [1.54, 1.807) is 0 Å². The van der Waals surface area contributed by atoms with Crippen molar-refractivity contribution in [2.45, 2.75) is 213 Å². The van der Waals surface area contributed by atoms with Crippen molar-refractivity contribution in [1.29, 1.82) is 0 Å². The normalized spacial score (nSPS) is 13.5. The first-order valence-electron chi connectivity index (χ1n) is 25.8. The predicted molar refractivity (Wildman–Crippen MR) is 278 cm³/mol. The van der Waals surface area contributed by atoms with E-state index in [-0.39, 0.29) is 19.2 Å². The van der Waals surface area contributed by atoms with Crippen molar-refractivity contribution in [3.63, 3.8) is 0 Å². The second-order valence-electron chi connectivity index (χ2n) is 16.5. The molecule has 0 aliphatic rings. The van der Waals surface area contributed by atoms with Gasteiger partial charge >= 0.3 is 5.97 Å². The average molecular weight is 869 g/mol. The number of esters is 1. The van der Waals surface area contributed by atoms with Gasteiger partial charge in [0.15, 0.2) is 0 Å². The third-order valence-electron chi connectivity index (χ3n) is 10.5. The Labute approximate surface area is 390 Å². The maximum atomic E-state index is 12.3. The number of hydrogen-bond acceptors (Lipinski definition) is 4. The van der Waals surface area contributed by atoms with Gasteiger partial charge in [-0.05, 0) is 109 Å². The molecule has 0 amide bonds. The van der Waals surface area contributed by atoms with Crippen LogP contribution in [0.3, 0.4) is 0 Å². The number of rotatable bonds is 46. The summed E-state index contributed by atoms with van der Waals surface area (Å²) in [7, 11) is 0. The highest BCUT2D eigenvalue weighted by Crippen LogP contribution is 2.13. The van der Waals surface area contributed by atoms with Crippen molar-refractivity contribution in [2.75, 3.05) is 19.8 Å². The van der Waals surface area contributed by atoms with Crippen LogP contribution in [-0.4, -0.2) is 37.0 Å². The minimum atomic E-state index is -0.556. The van der Waals surface area contributed by atoms with Crippen molar-refractivity contribution >= 4 is 5.97 Å². The molecular weight excluding hydrogens is 773 g/mol. The fourth-order valence-electron chi connectivity index (χ4n) is 6.71. The van der Waals surface area contributed by atoms with Crippen molar-refractivity contribution in [1.82, 2.24) is 0 Å². The van der Waals surface area contributed by atoms with E-state index in [1.807, 2.05) is 0 Å². The van der Waals surface area contributed by atoms with Crippen molar-refractivity contribution in [3.05, 3.63) is 134 Å². The van der Waals surface area contributed by atoms with Gasteiger partial charge in [-0.3, -0.25) is 4.79 Å². The van der Waals surface area contributed by atoms with E-state index < -0.39 is 6.10 Å². The molecule has 0 heterocycles. The zero-order valence-electron chi connectivity index (χ0n) is 40.8. The SMILES string of the molecule is CC/C=C\C/C=C\C/C=C\C/C=C\C/C=C\C/C=C\CCCCCCCCCOCC(CO)OC(=O)CCCCCCCCCCC/C=C\C/C=C\C/C=C\C/C=C\C/C=C\CC. The molecule has 356 valence electrons. The zero-order chi connectivity index (χ0) is 45.5. The van der Waals surface area contributed by atoms with E-state index in [0.29, 0.717) is 13.0 Å². The predicted octanol–water partition coefficient (Wildman–Crippen LogP) is 17.8. The van der Waals surface area contributed by atoms with Crippen LogP contribution in [0.4, 0.5) is 0 Å². The highest BCUT2D eigenvalue weighted by Gasteiger charge is 2.13. The van der Waals surface area contributed by atoms with Crippen molar-refractivity contribution < 1.29 is 19.4 Å². The summed E-state index contributed by atoms with van der Waals surface area (Å²) in [5.41, 5.74) is 0. The van der Waals surface area contributed by atoms with Gasteiger partial charge < -0.3 is 14.6 Å². The van der Waals surface area contributed by atoms with Gasteiger partial charge in [-0.1, -0.05) is 225 Å². The molecule has 0 saturated carbocycles. The zero-order valence-corrected chi connectivity index (χ0v) is 40.8. The second kappa shape index (κ2) is 54.7. The number of carbonyl (C=O) groups is 1. The van der Waals surface area contributed by atoms with Gasteiger partial charge in [0.25, 0.3) is 0 Å². The number of aliphatic hydroxyl groups excluding tert-OH is 1. The molecule has 63 heavy (non-hydrogen) atoms. The fourth-order valence-corrected chi connectivity index (χ4v) is 6.71. The van der Waals surface area contributed by atoms with Crippen LogP contribution in [0.15, 0.2) is 134 Å². The smallest absolute Gasteiger partial charge is 0.306 e. The lowest BCUT2D eigenvalue weighted by Gasteiger charge is -2.16. The first-order chi connectivity index (χ1) is 31.2. The fraction of sp³-hybridized carbons (Fsp3) is 0.610. The first kappa shape index (κ1) is 59.5. The number of hydrogen-bond donors (Lipinski definition) is 1. The second-order valence-corrected chi connectivity index (χ2v) is 16.5. The highest BCUT2D eigenvalue weighted by atomic mass is 16.6. The maximum absolute atomic E-state index is 12.3. The summed E-state index contributed by atoms with van der Waals surface area (Å²) < 4.78 is 11.2. The molecule has 0 rings (SSSR count). The van der Waals surface area contributed by atoms with Gasteiger partial charge in [-0.15, -0.1) is 0 Å². The van der Waals surface area contributed by atoms with Gasteiger partial charge in [-0.25, -0.2) is 0 Å². The molecule has 0 aromatic heterocycles. The molecule has 0 aromatic carbocycles. The van der Waals surface area contributed by atoms with E-state index in [9.17, 15) is 9.90 Å². The molecule has 0 aliphatic carbocycles. The third-order valence-corrected chi connectivity index (χ3v) is 10.5. The Balaban J connectivity index is 3.53. The van der Waals surface area contributed by atoms with E-state index in [2.05, 4.69) is 148 Å². The number of carbonyl (C=O) groups excluding carboxylic acids is 1. The Morgan fingerprint density at radius 1 is 0.381 bits per heavy atom. The highest BCUT2D eigenvalue weighted by molar-refractivity contribution is 5.69. The van der Waals surface area contributed by atoms with E-state index in [1.165, 1.54) is 89.9 Å². The van der Waals surface area contributed by atoms with Crippen LogP contribution in [-0.2, 0) is 14.3 Å². The topological polar surface area (TPSA) is 55.8 Å². The summed E-state index contributed by atoms with van der Waals surface area (Å²) in [4.78, 5) is 12.3. The Morgan fingerprint density at radius 2 is 0.667 bits per heavy atom. The Kier molecular flexibility index (Phi) is 51.7. The van der Waals surface area contributed by atoms with Crippen LogP contribution in [0.5, 0.6) is 0 Å². The van der Waals surface area contributed by atoms with Gasteiger partial charge in [0.1, 0.15) is 6.10 Å². The molecule has 0 aliphatic heterocycles. The summed E-state index contributed by atoms with van der Waals surface area (Å²) in [6.45, 7) is 5.07. The summed E-state index contributed by atoms with van der Waals surface area (Å²) in [5, 5.41) is 9.66. The van der Waals surface area contributed by atoms with Gasteiger partial charge in [-0.2, -0.15) is 0 Å². The van der Waals surface area contributed by atoms with Crippen LogP contribution in [0.2, 0.25) is 0 Å². The molecule has 0 aromatic rings. The largest absolute Gasteiger partial charge is 0.457 e. The lowest BCUT2D eigenvalue weighted by Crippen LogP contribution is -2.27. The molecule has 1 unspecified atom stereocenters. The molecule has 0 spiro atoms. The van der Waals surface area contributed by atoms with Crippen molar-refractivity contribution in [2.24, 2.45) is 0 Å². The molecule has 4 heteroatoms. The van der Waals surface area contributed by atoms with E-state index >= 15 is 0 Å². The molecule has 0 fully saturated rings. The minimum absolute atomic E-state index is 0.188. The van der Waals surface area contributed by atoms with E-state index in [0.717, 1.165) is 96.3 Å². The maximum Gasteiger partial charge on any atom is 0.306 e. The van der Waals surface area contributed by atoms with Crippen LogP contribution >= 0.6 is 0 Å². The lowest BCUT2D eigenvalue weighted by atomic mass is 10.1. The minimum Gasteiger partial charge on any atom is -0.457 e. The van der Waals surface area contributed by atoms with Crippen LogP contribution < -0.4 is 0 Å². The molecule has 0 radical (unpaired) electrons. The molecule has 0 bridgehead atoms. The first-order valence-corrected chi connectivity index (χ1v) is 25.8. The van der Waals surface area contributed by atoms with Crippen molar-refractivity contribution in [3.8, 4) is 0 Å². The Hall–Kier alpha value is -3.47.